The van der Waals surface area contributed by atoms with E-state index < -0.39 is 29.9 Å². The first-order chi connectivity index (χ1) is 18.4. The lowest BCUT2D eigenvalue weighted by atomic mass is 9.99. The smallest absolute Gasteiger partial charge is 0.368 e. The fourth-order valence-electron chi connectivity index (χ4n) is 4.74. The fourth-order valence-corrected chi connectivity index (χ4v) is 4.74. The number of carbonyl (C=O) groups is 3. The van der Waals surface area contributed by atoms with Crippen molar-refractivity contribution in [3.63, 3.8) is 0 Å². The molecule has 0 aromatic heterocycles. The number of nitrogens with two attached hydrogens (primary N) is 2. The second kappa shape index (κ2) is 13.3. The topological polar surface area (TPSA) is 152 Å². The fraction of sp³-hybridized carbons (Fsp3) is 0.444. The van der Waals surface area contributed by atoms with Crippen molar-refractivity contribution in [3.8, 4) is 0 Å². The van der Waals surface area contributed by atoms with E-state index >= 15 is 0 Å². The summed E-state index contributed by atoms with van der Waals surface area (Å²) in [5.74, 6) is -0.840. The van der Waals surface area contributed by atoms with E-state index in [1.54, 1.807) is 0 Å². The van der Waals surface area contributed by atoms with E-state index in [2.05, 4.69) is 10.6 Å². The number of carbonyl (C=O) groups excluding carboxylic acids is 3. The van der Waals surface area contributed by atoms with Gasteiger partial charge in [0.05, 0.1) is 24.2 Å². The third kappa shape index (κ3) is 7.29. The highest BCUT2D eigenvalue weighted by atomic mass is 16.7. The van der Waals surface area contributed by atoms with Crippen LogP contribution in [-0.2, 0) is 32.5 Å². The quantitative estimate of drug-likeness (QED) is 0.341. The van der Waals surface area contributed by atoms with Crippen molar-refractivity contribution in [2.45, 2.75) is 63.1 Å². The van der Waals surface area contributed by atoms with Crippen LogP contribution in [0.4, 0.5) is 4.79 Å². The van der Waals surface area contributed by atoms with Crippen LogP contribution < -0.4 is 22.1 Å². The number of hydrogen-bond donors (Lipinski definition) is 4. The average molecular weight is 525 g/mol. The molecular formula is C27H36N6O5. The Morgan fingerprint density at radius 2 is 1.08 bits per heavy atom. The highest BCUT2D eigenvalue weighted by molar-refractivity contribution is 5.80. The van der Waals surface area contributed by atoms with Crippen molar-refractivity contribution in [2.24, 2.45) is 11.5 Å². The van der Waals surface area contributed by atoms with Gasteiger partial charge < -0.3 is 22.1 Å². The summed E-state index contributed by atoms with van der Waals surface area (Å²) in [7, 11) is 0. The van der Waals surface area contributed by atoms with Crippen molar-refractivity contribution in [1.82, 2.24) is 20.8 Å². The predicted molar refractivity (Wildman–Crippen MR) is 140 cm³/mol. The maximum absolute atomic E-state index is 14.1. The third-order valence-electron chi connectivity index (χ3n) is 6.93. The van der Waals surface area contributed by atoms with Crippen molar-refractivity contribution in [2.75, 3.05) is 13.1 Å². The standard InChI is InChI=1S/C27H36N6O5/c28-25(34)23-13-11-21(15-30-23)32(37-17-19-7-3-1-4-8-19)27(36)33(38-18-20-9-5-2-6-10-20)22-12-14-24(26(29)35)31-16-22/h1-10,21-24,30-31H,11-18H2,(H2,28,34)(H2,29,35)/t21-,22-,23+,24+/m1/s1. The van der Waals surface area contributed by atoms with Gasteiger partial charge in [-0.05, 0) is 36.8 Å². The Morgan fingerprint density at radius 3 is 1.39 bits per heavy atom. The molecule has 2 aliphatic rings. The van der Waals surface area contributed by atoms with Crippen LogP contribution >= 0.6 is 0 Å². The van der Waals surface area contributed by atoms with Crippen LogP contribution in [0.5, 0.6) is 0 Å². The number of benzene rings is 2. The number of hydrogen-bond acceptors (Lipinski definition) is 7. The molecule has 4 amide bonds. The van der Waals surface area contributed by atoms with Gasteiger partial charge in [0, 0.05) is 13.1 Å². The summed E-state index contributed by atoms with van der Waals surface area (Å²) >= 11 is 0. The van der Waals surface area contributed by atoms with E-state index in [9.17, 15) is 14.4 Å². The van der Waals surface area contributed by atoms with Crippen LogP contribution in [0.2, 0.25) is 0 Å². The molecular weight excluding hydrogens is 488 g/mol. The van der Waals surface area contributed by atoms with Crippen molar-refractivity contribution < 1.29 is 24.1 Å². The zero-order chi connectivity index (χ0) is 26.9. The minimum atomic E-state index is -0.453. The van der Waals surface area contributed by atoms with Crippen molar-refractivity contribution in [3.05, 3.63) is 71.8 Å². The van der Waals surface area contributed by atoms with Gasteiger partial charge in [-0.15, -0.1) is 0 Å². The molecule has 0 saturated carbocycles. The lowest BCUT2D eigenvalue weighted by Crippen LogP contribution is -2.60. The van der Waals surface area contributed by atoms with E-state index in [0.717, 1.165) is 11.1 Å². The van der Waals surface area contributed by atoms with Crippen LogP contribution in [-0.4, -0.2) is 65.2 Å². The lowest BCUT2D eigenvalue weighted by Gasteiger charge is -2.41. The first-order valence-electron chi connectivity index (χ1n) is 12.9. The van der Waals surface area contributed by atoms with Gasteiger partial charge in [-0.25, -0.2) is 4.79 Å². The molecule has 38 heavy (non-hydrogen) atoms. The summed E-state index contributed by atoms with van der Waals surface area (Å²) < 4.78 is 0. The predicted octanol–water partition coefficient (Wildman–Crippen LogP) is 1.19. The Hall–Kier alpha value is -3.51. The van der Waals surface area contributed by atoms with Gasteiger partial charge in [0.2, 0.25) is 11.8 Å². The van der Waals surface area contributed by atoms with Gasteiger partial charge >= 0.3 is 6.03 Å². The molecule has 2 heterocycles. The molecule has 2 fully saturated rings. The maximum Gasteiger partial charge on any atom is 0.368 e. The molecule has 0 unspecified atom stereocenters. The van der Waals surface area contributed by atoms with Crippen LogP contribution in [0.1, 0.15) is 36.8 Å². The molecule has 204 valence electrons. The van der Waals surface area contributed by atoms with Gasteiger partial charge in [0.1, 0.15) is 13.2 Å². The number of piperidine rings is 2. The summed E-state index contributed by atoms with van der Waals surface area (Å²) in [6.45, 7) is 1.05. The number of rotatable bonds is 10. The lowest BCUT2D eigenvalue weighted by molar-refractivity contribution is -0.219. The van der Waals surface area contributed by atoms with E-state index in [-0.39, 0.29) is 25.3 Å². The van der Waals surface area contributed by atoms with Gasteiger partial charge in [0.15, 0.2) is 0 Å². The molecule has 11 nitrogen and oxygen atoms in total. The Bertz CT molecular complexity index is 973. The Kier molecular flexibility index (Phi) is 9.66. The number of hydroxylamine groups is 4. The summed E-state index contributed by atoms with van der Waals surface area (Å²) in [5, 5.41) is 8.95. The second-order valence-electron chi connectivity index (χ2n) is 9.64. The number of urea groups is 1. The van der Waals surface area contributed by atoms with Crippen molar-refractivity contribution in [1.29, 1.82) is 0 Å². The largest absolute Gasteiger partial charge is 0.368 e. The Labute approximate surface area is 222 Å². The first-order valence-corrected chi connectivity index (χ1v) is 12.9. The summed E-state index contributed by atoms with van der Waals surface area (Å²) in [6, 6.07) is 17.1. The molecule has 2 aromatic carbocycles. The van der Waals surface area contributed by atoms with Gasteiger partial charge in [-0.2, -0.15) is 10.1 Å². The first kappa shape index (κ1) is 27.5. The molecule has 2 aliphatic heterocycles. The molecule has 4 atom stereocenters. The highest BCUT2D eigenvalue weighted by Gasteiger charge is 2.38. The zero-order valence-electron chi connectivity index (χ0n) is 21.3. The molecule has 2 aromatic rings. The van der Waals surface area contributed by atoms with E-state index in [4.69, 9.17) is 21.1 Å². The van der Waals surface area contributed by atoms with Crippen LogP contribution in [0.25, 0.3) is 0 Å². The van der Waals surface area contributed by atoms with Crippen LogP contribution in [0.15, 0.2) is 60.7 Å². The Morgan fingerprint density at radius 1 is 0.684 bits per heavy atom. The number of nitrogens with zero attached hydrogens (tertiary/aromatic N) is 2. The third-order valence-corrected chi connectivity index (χ3v) is 6.93. The molecule has 0 radical (unpaired) electrons. The van der Waals surface area contributed by atoms with Crippen molar-refractivity contribution >= 4 is 17.8 Å². The van der Waals surface area contributed by atoms with Gasteiger partial charge in [0.25, 0.3) is 0 Å². The minimum Gasteiger partial charge on any atom is -0.368 e. The monoisotopic (exact) mass is 524 g/mol. The number of amides is 4. The molecule has 2 saturated heterocycles. The number of nitrogens with one attached hydrogen (secondary N) is 2. The highest BCUT2D eigenvalue weighted by Crippen LogP contribution is 2.23. The number of primary amides is 2. The van der Waals surface area contributed by atoms with Gasteiger partial charge in [-0.1, -0.05) is 60.7 Å². The minimum absolute atomic E-state index is 0.182. The molecule has 6 N–H and O–H groups in total. The maximum atomic E-state index is 14.1. The molecule has 11 heteroatoms. The van der Waals surface area contributed by atoms with E-state index in [1.165, 1.54) is 10.1 Å². The van der Waals surface area contributed by atoms with Crippen LogP contribution in [0, 0.1) is 0 Å². The molecule has 4 rings (SSSR count). The zero-order valence-corrected chi connectivity index (χ0v) is 21.3. The Balaban J connectivity index is 1.53. The summed E-state index contributed by atoms with van der Waals surface area (Å²) in [4.78, 5) is 49.6. The molecule has 0 bridgehead atoms. The molecule has 0 aliphatic carbocycles. The molecule has 0 spiro atoms. The summed E-state index contributed by atoms with van der Waals surface area (Å²) in [5.41, 5.74) is 12.8. The van der Waals surface area contributed by atoms with Crippen LogP contribution in [0.3, 0.4) is 0 Å². The average Bonchev–Trinajstić information content (AvgIpc) is 2.95. The summed E-state index contributed by atoms with van der Waals surface area (Å²) in [6.07, 6.45) is 2.02. The second-order valence-corrected chi connectivity index (χ2v) is 9.64. The van der Waals surface area contributed by atoms with E-state index in [0.29, 0.717) is 38.8 Å². The van der Waals surface area contributed by atoms with E-state index in [1.807, 2.05) is 60.7 Å². The van der Waals surface area contributed by atoms with Gasteiger partial charge in [-0.3, -0.25) is 19.3 Å². The normalized spacial score (nSPS) is 23.4. The SMILES string of the molecule is NC(=O)[C@@H]1CC[C@@H](N(OCc2ccccc2)C(=O)N(OCc2ccccc2)[C@@H]2CC[C@@H](C(N)=O)NC2)CN1.